The van der Waals surface area contributed by atoms with Gasteiger partial charge in [-0.25, -0.2) is 0 Å². The molecule has 1 aliphatic carbocycles. The fourth-order valence-electron chi connectivity index (χ4n) is 3.22. The van der Waals surface area contributed by atoms with Gasteiger partial charge in [0.25, 0.3) is 0 Å². The van der Waals surface area contributed by atoms with Gasteiger partial charge in [0, 0.05) is 31.3 Å². The molecule has 0 N–H and O–H groups in total. The van der Waals surface area contributed by atoms with Crippen molar-refractivity contribution >= 4 is 18.0 Å². The van der Waals surface area contributed by atoms with Gasteiger partial charge in [0.2, 0.25) is 0 Å². The molecule has 0 spiro atoms. The van der Waals surface area contributed by atoms with E-state index < -0.39 is 0 Å². The first kappa shape index (κ1) is 15.3. The molecule has 0 aromatic heterocycles. The Morgan fingerprint density at radius 1 is 1.09 bits per heavy atom. The van der Waals surface area contributed by atoms with E-state index in [1.165, 1.54) is 22.3 Å². The summed E-state index contributed by atoms with van der Waals surface area (Å²) in [5.74, 6) is 0.278. The zero-order valence-electron chi connectivity index (χ0n) is 14.1. The highest BCUT2D eigenvalue weighted by molar-refractivity contribution is 5.85. The number of fused-ring (bicyclic) bond motifs is 1. The summed E-state index contributed by atoms with van der Waals surface area (Å²) in [6, 6.07) is 15.1. The van der Waals surface area contributed by atoms with Crippen LogP contribution in [0, 0.1) is 0 Å². The Balaban J connectivity index is 2.12. The zero-order chi connectivity index (χ0) is 16.4. The number of anilines is 1. The molecule has 23 heavy (non-hydrogen) atoms. The molecule has 0 fully saturated rings. The SMILES string of the molecule is CON=Cc1cc(N(C)C)ccc1C1C(C)=Cc2ccccc21. The minimum Gasteiger partial charge on any atom is -0.399 e. The lowest BCUT2D eigenvalue weighted by atomic mass is 9.86. The standard InChI is InChI=1S/C20H22N2O/c1-14-11-15-7-5-6-8-18(15)20(14)19-10-9-17(22(2)3)12-16(19)13-21-23-4/h5-13,20H,1-4H3. The van der Waals surface area contributed by atoms with Crippen LogP contribution in [0.25, 0.3) is 6.08 Å². The number of nitrogens with zero attached hydrogens (tertiary/aromatic N) is 2. The Labute approximate surface area is 137 Å². The summed E-state index contributed by atoms with van der Waals surface area (Å²) in [5.41, 5.74) is 7.52. The van der Waals surface area contributed by atoms with Crippen LogP contribution < -0.4 is 4.90 Å². The average molecular weight is 306 g/mol. The van der Waals surface area contributed by atoms with Gasteiger partial charge in [-0.05, 0) is 35.7 Å². The molecular formula is C20H22N2O. The minimum atomic E-state index is 0.278. The van der Waals surface area contributed by atoms with Crippen LogP contribution in [-0.2, 0) is 4.84 Å². The molecule has 0 aliphatic heterocycles. The maximum atomic E-state index is 4.90. The van der Waals surface area contributed by atoms with Crippen LogP contribution in [0.4, 0.5) is 5.69 Å². The number of benzene rings is 2. The zero-order valence-corrected chi connectivity index (χ0v) is 14.1. The van der Waals surface area contributed by atoms with Crippen molar-refractivity contribution in [2.75, 3.05) is 26.1 Å². The Hall–Kier alpha value is -2.55. The fourth-order valence-corrected chi connectivity index (χ4v) is 3.22. The first-order valence-corrected chi connectivity index (χ1v) is 7.76. The van der Waals surface area contributed by atoms with Crippen molar-refractivity contribution in [3.63, 3.8) is 0 Å². The third kappa shape index (κ3) is 2.87. The number of hydrogen-bond acceptors (Lipinski definition) is 3. The van der Waals surface area contributed by atoms with E-state index in [0.29, 0.717) is 0 Å². The molecular weight excluding hydrogens is 284 g/mol. The smallest absolute Gasteiger partial charge is 0.106 e. The Morgan fingerprint density at radius 3 is 2.61 bits per heavy atom. The predicted molar refractivity (Wildman–Crippen MR) is 97.3 cm³/mol. The number of hydrogen-bond donors (Lipinski definition) is 0. The fraction of sp³-hybridized carbons (Fsp3) is 0.250. The molecule has 2 aromatic rings. The summed E-state index contributed by atoms with van der Waals surface area (Å²) in [7, 11) is 5.66. The molecule has 1 aliphatic rings. The summed E-state index contributed by atoms with van der Waals surface area (Å²) in [5, 5.41) is 3.99. The van der Waals surface area contributed by atoms with E-state index in [0.717, 1.165) is 11.3 Å². The third-order valence-electron chi connectivity index (χ3n) is 4.34. The Kier molecular flexibility index (Phi) is 4.20. The highest BCUT2D eigenvalue weighted by atomic mass is 16.6. The summed E-state index contributed by atoms with van der Waals surface area (Å²) >= 11 is 0. The van der Waals surface area contributed by atoms with Crippen molar-refractivity contribution in [3.05, 3.63) is 70.3 Å². The van der Waals surface area contributed by atoms with Crippen LogP contribution in [-0.4, -0.2) is 27.4 Å². The van der Waals surface area contributed by atoms with Crippen molar-refractivity contribution in [3.8, 4) is 0 Å². The van der Waals surface area contributed by atoms with Crippen LogP contribution in [0.1, 0.15) is 35.1 Å². The molecule has 1 atom stereocenters. The molecule has 3 heteroatoms. The van der Waals surface area contributed by atoms with E-state index >= 15 is 0 Å². The van der Waals surface area contributed by atoms with Gasteiger partial charge in [0.15, 0.2) is 0 Å². The van der Waals surface area contributed by atoms with Crippen LogP contribution in [0.5, 0.6) is 0 Å². The van der Waals surface area contributed by atoms with Crippen LogP contribution in [0.15, 0.2) is 53.2 Å². The van der Waals surface area contributed by atoms with E-state index in [1.54, 1.807) is 13.3 Å². The number of allylic oxidation sites excluding steroid dienone is 1. The molecule has 2 aromatic carbocycles. The van der Waals surface area contributed by atoms with Crippen LogP contribution in [0.2, 0.25) is 0 Å². The summed E-state index contributed by atoms with van der Waals surface area (Å²) in [6.45, 7) is 2.20. The molecule has 0 heterocycles. The number of oxime groups is 1. The molecule has 0 saturated heterocycles. The minimum absolute atomic E-state index is 0.278. The first-order valence-electron chi connectivity index (χ1n) is 7.76. The van der Waals surface area contributed by atoms with Crippen LogP contribution in [0.3, 0.4) is 0 Å². The highest BCUT2D eigenvalue weighted by Gasteiger charge is 2.25. The Bertz CT molecular complexity index is 775. The van der Waals surface area contributed by atoms with E-state index in [4.69, 9.17) is 4.84 Å². The maximum Gasteiger partial charge on any atom is 0.106 e. The van der Waals surface area contributed by atoms with Gasteiger partial charge < -0.3 is 9.74 Å². The van der Waals surface area contributed by atoms with Crippen molar-refractivity contribution in [1.29, 1.82) is 0 Å². The molecule has 1 unspecified atom stereocenters. The molecule has 118 valence electrons. The second-order valence-corrected chi connectivity index (χ2v) is 6.08. The van der Waals surface area contributed by atoms with Crippen LogP contribution >= 0.6 is 0 Å². The summed E-state index contributed by atoms with van der Waals surface area (Å²) < 4.78 is 0. The predicted octanol–water partition coefficient (Wildman–Crippen LogP) is 4.28. The normalized spacial score (nSPS) is 16.3. The van der Waals surface area contributed by atoms with Gasteiger partial charge in [-0.2, -0.15) is 0 Å². The van der Waals surface area contributed by atoms with Gasteiger partial charge in [-0.15, -0.1) is 0 Å². The van der Waals surface area contributed by atoms with Crippen molar-refractivity contribution in [2.45, 2.75) is 12.8 Å². The second-order valence-electron chi connectivity index (χ2n) is 6.08. The van der Waals surface area contributed by atoms with Gasteiger partial charge in [0.1, 0.15) is 7.11 Å². The lowest BCUT2D eigenvalue weighted by molar-refractivity contribution is 0.215. The number of rotatable bonds is 4. The molecule has 0 amide bonds. The molecule has 0 saturated carbocycles. The van der Waals surface area contributed by atoms with Crippen molar-refractivity contribution in [2.24, 2.45) is 5.16 Å². The topological polar surface area (TPSA) is 24.8 Å². The van der Waals surface area contributed by atoms with E-state index in [1.807, 2.05) is 14.1 Å². The lowest BCUT2D eigenvalue weighted by Crippen LogP contribution is -2.11. The van der Waals surface area contributed by atoms with E-state index in [-0.39, 0.29) is 5.92 Å². The quantitative estimate of drug-likeness (QED) is 0.622. The Morgan fingerprint density at radius 2 is 1.87 bits per heavy atom. The van der Waals surface area contributed by atoms with Gasteiger partial charge >= 0.3 is 0 Å². The molecule has 3 nitrogen and oxygen atoms in total. The van der Waals surface area contributed by atoms with Gasteiger partial charge in [-0.3, -0.25) is 0 Å². The average Bonchev–Trinajstić information content (AvgIpc) is 2.88. The van der Waals surface area contributed by atoms with Gasteiger partial charge in [0.05, 0.1) is 6.21 Å². The first-order chi connectivity index (χ1) is 11.1. The van der Waals surface area contributed by atoms with E-state index in [9.17, 15) is 0 Å². The lowest BCUT2D eigenvalue weighted by Gasteiger charge is -2.20. The molecule has 3 rings (SSSR count). The molecule has 0 radical (unpaired) electrons. The second kappa shape index (κ2) is 6.29. The summed E-state index contributed by atoms with van der Waals surface area (Å²) in [6.07, 6.45) is 4.08. The third-order valence-corrected chi connectivity index (χ3v) is 4.34. The highest BCUT2D eigenvalue weighted by Crippen LogP contribution is 2.42. The molecule has 0 bridgehead atoms. The van der Waals surface area contributed by atoms with Crippen molar-refractivity contribution < 1.29 is 4.84 Å². The van der Waals surface area contributed by atoms with Gasteiger partial charge in [-0.1, -0.05) is 47.1 Å². The van der Waals surface area contributed by atoms with E-state index in [2.05, 4.69) is 65.5 Å². The largest absolute Gasteiger partial charge is 0.399 e. The van der Waals surface area contributed by atoms with Crippen molar-refractivity contribution in [1.82, 2.24) is 0 Å². The maximum absolute atomic E-state index is 4.90. The monoisotopic (exact) mass is 306 g/mol. The summed E-state index contributed by atoms with van der Waals surface area (Å²) in [4.78, 5) is 7.00.